The fourth-order valence-electron chi connectivity index (χ4n) is 3.02. The summed E-state index contributed by atoms with van der Waals surface area (Å²) in [6.45, 7) is 4.29. The van der Waals surface area contributed by atoms with Gasteiger partial charge < -0.3 is 19.1 Å². The molecule has 144 valence electrons. The van der Waals surface area contributed by atoms with Crippen LogP contribution in [0.2, 0.25) is 0 Å². The van der Waals surface area contributed by atoms with E-state index < -0.39 is 0 Å². The minimum Gasteiger partial charge on any atom is -0.491 e. The van der Waals surface area contributed by atoms with Gasteiger partial charge in [-0.3, -0.25) is 4.79 Å². The Bertz CT molecular complexity index is 755. The minimum absolute atomic E-state index is 0.0500. The van der Waals surface area contributed by atoms with Crippen molar-refractivity contribution in [2.24, 2.45) is 0 Å². The first kappa shape index (κ1) is 19.2. The number of amides is 1. The predicted octanol–water partition coefficient (Wildman–Crippen LogP) is 3.70. The molecule has 1 fully saturated rings. The smallest absolute Gasteiger partial charge is 0.253 e. The van der Waals surface area contributed by atoms with Crippen LogP contribution in [0.15, 0.2) is 48.5 Å². The Morgan fingerprint density at radius 1 is 1.19 bits per heavy atom. The first-order chi connectivity index (χ1) is 13.1. The molecule has 0 aliphatic carbocycles. The Labute approximate surface area is 160 Å². The summed E-state index contributed by atoms with van der Waals surface area (Å²) in [4.78, 5) is 14.3. The molecule has 1 saturated heterocycles. The van der Waals surface area contributed by atoms with Crippen LogP contribution in [0.1, 0.15) is 28.8 Å². The van der Waals surface area contributed by atoms with Crippen molar-refractivity contribution in [1.29, 1.82) is 0 Å². The molecule has 0 spiro atoms. The predicted molar refractivity (Wildman–Crippen MR) is 105 cm³/mol. The molecule has 2 aromatic rings. The van der Waals surface area contributed by atoms with Gasteiger partial charge in [-0.05, 0) is 49.6 Å². The number of aryl methyl sites for hydroxylation is 1. The number of para-hydroxylation sites is 1. The molecule has 1 amide bonds. The molecule has 0 radical (unpaired) electrons. The van der Waals surface area contributed by atoms with E-state index in [4.69, 9.17) is 14.2 Å². The van der Waals surface area contributed by atoms with Gasteiger partial charge in [0, 0.05) is 19.2 Å². The summed E-state index contributed by atoms with van der Waals surface area (Å²) < 4.78 is 17.1. The van der Waals surface area contributed by atoms with Crippen LogP contribution in [0.25, 0.3) is 0 Å². The SMILES string of the molecule is Cc1ccccc1OCCN(C)C(=O)c1cccc(OC[C@@H]2CCCO2)c1. The number of likely N-dealkylation sites (N-methyl/N-ethyl adjacent to an activating group) is 1. The lowest BCUT2D eigenvalue weighted by atomic mass is 10.2. The number of nitrogens with zero attached hydrogens (tertiary/aromatic N) is 1. The number of carbonyl (C=O) groups is 1. The summed E-state index contributed by atoms with van der Waals surface area (Å²) in [5.74, 6) is 1.50. The summed E-state index contributed by atoms with van der Waals surface area (Å²) in [7, 11) is 1.78. The summed E-state index contributed by atoms with van der Waals surface area (Å²) in [6.07, 6.45) is 2.27. The van der Waals surface area contributed by atoms with Crippen LogP contribution >= 0.6 is 0 Å². The highest BCUT2D eigenvalue weighted by Crippen LogP contribution is 2.19. The fourth-order valence-corrected chi connectivity index (χ4v) is 3.02. The van der Waals surface area contributed by atoms with Gasteiger partial charge in [0.2, 0.25) is 0 Å². The molecule has 3 rings (SSSR count). The van der Waals surface area contributed by atoms with Crippen molar-refractivity contribution in [3.8, 4) is 11.5 Å². The quantitative estimate of drug-likeness (QED) is 0.712. The van der Waals surface area contributed by atoms with Crippen LogP contribution in [0, 0.1) is 6.92 Å². The second kappa shape index (κ2) is 9.42. The number of hydrogen-bond acceptors (Lipinski definition) is 4. The Morgan fingerprint density at radius 3 is 2.81 bits per heavy atom. The van der Waals surface area contributed by atoms with E-state index in [1.165, 1.54) is 0 Å². The average molecular weight is 369 g/mol. The summed E-state index contributed by atoms with van der Waals surface area (Å²) >= 11 is 0. The zero-order valence-electron chi connectivity index (χ0n) is 16.0. The third-order valence-electron chi connectivity index (χ3n) is 4.67. The molecule has 1 atom stereocenters. The molecule has 0 N–H and O–H groups in total. The maximum absolute atomic E-state index is 12.7. The molecule has 5 heteroatoms. The first-order valence-electron chi connectivity index (χ1n) is 9.42. The van der Waals surface area contributed by atoms with Gasteiger partial charge in [0.1, 0.15) is 24.7 Å². The Hall–Kier alpha value is -2.53. The first-order valence-corrected chi connectivity index (χ1v) is 9.42. The molecular weight excluding hydrogens is 342 g/mol. The zero-order chi connectivity index (χ0) is 19.1. The van der Waals surface area contributed by atoms with E-state index in [-0.39, 0.29) is 12.0 Å². The molecule has 5 nitrogen and oxygen atoms in total. The van der Waals surface area contributed by atoms with E-state index in [0.717, 1.165) is 30.8 Å². The average Bonchev–Trinajstić information content (AvgIpc) is 3.21. The van der Waals surface area contributed by atoms with Crippen LogP contribution in [-0.4, -0.2) is 50.3 Å². The van der Waals surface area contributed by atoms with Crippen LogP contribution in [0.3, 0.4) is 0 Å². The van der Waals surface area contributed by atoms with E-state index in [0.29, 0.717) is 31.1 Å². The molecule has 0 unspecified atom stereocenters. The van der Waals surface area contributed by atoms with Crippen molar-refractivity contribution in [3.05, 3.63) is 59.7 Å². The number of hydrogen-bond donors (Lipinski definition) is 0. The van der Waals surface area contributed by atoms with Crippen molar-refractivity contribution in [1.82, 2.24) is 4.90 Å². The lowest BCUT2D eigenvalue weighted by Gasteiger charge is -2.19. The van der Waals surface area contributed by atoms with Crippen LogP contribution in [0.4, 0.5) is 0 Å². The van der Waals surface area contributed by atoms with Crippen LogP contribution in [0.5, 0.6) is 11.5 Å². The van der Waals surface area contributed by atoms with Gasteiger partial charge >= 0.3 is 0 Å². The Kier molecular flexibility index (Phi) is 6.71. The van der Waals surface area contributed by atoms with Crippen molar-refractivity contribution in [2.45, 2.75) is 25.9 Å². The maximum Gasteiger partial charge on any atom is 0.253 e. The van der Waals surface area contributed by atoms with Gasteiger partial charge in [0.05, 0.1) is 12.6 Å². The van der Waals surface area contributed by atoms with Gasteiger partial charge in [0.25, 0.3) is 5.91 Å². The van der Waals surface area contributed by atoms with Gasteiger partial charge in [-0.25, -0.2) is 0 Å². The molecule has 27 heavy (non-hydrogen) atoms. The third-order valence-corrected chi connectivity index (χ3v) is 4.67. The largest absolute Gasteiger partial charge is 0.491 e. The van der Waals surface area contributed by atoms with E-state index in [9.17, 15) is 4.79 Å². The van der Waals surface area contributed by atoms with Gasteiger partial charge in [-0.2, -0.15) is 0 Å². The molecule has 1 aliphatic rings. The second-order valence-corrected chi connectivity index (χ2v) is 6.81. The highest BCUT2D eigenvalue weighted by molar-refractivity contribution is 5.94. The fraction of sp³-hybridized carbons (Fsp3) is 0.409. The molecule has 0 bridgehead atoms. The van der Waals surface area contributed by atoms with Gasteiger partial charge in [0.15, 0.2) is 0 Å². The number of rotatable bonds is 8. The van der Waals surface area contributed by atoms with E-state index in [1.807, 2.05) is 43.3 Å². The van der Waals surface area contributed by atoms with Crippen molar-refractivity contribution in [3.63, 3.8) is 0 Å². The van der Waals surface area contributed by atoms with E-state index in [2.05, 4.69) is 0 Å². The summed E-state index contributed by atoms with van der Waals surface area (Å²) in [5.41, 5.74) is 1.70. The molecule has 0 aromatic heterocycles. The maximum atomic E-state index is 12.7. The monoisotopic (exact) mass is 369 g/mol. The Morgan fingerprint density at radius 2 is 2.04 bits per heavy atom. The van der Waals surface area contributed by atoms with E-state index in [1.54, 1.807) is 24.1 Å². The van der Waals surface area contributed by atoms with Crippen LogP contribution < -0.4 is 9.47 Å². The van der Waals surface area contributed by atoms with Crippen molar-refractivity contribution < 1.29 is 19.0 Å². The van der Waals surface area contributed by atoms with Crippen molar-refractivity contribution >= 4 is 5.91 Å². The topological polar surface area (TPSA) is 48.0 Å². The normalized spacial score (nSPS) is 16.1. The van der Waals surface area contributed by atoms with Crippen molar-refractivity contribution in [2.75, 3.05) is 33.4 Å². The van der Waals surface area contributed by atoms with Gasteiger partial charge in [-0.1, -0.05) is 24.3 Å². The lowest BCUT2D eigenvalue weighted by molar-refractivity contribution is 0.0678. The summed E-state index contributed by atoms with van der Waals surface area (Å²) in [6, 6.07) is 15.2. The molecule has 1 aliphatic heterocycles. The minimum atomic E-state index is -0.0500. The van der Waals surface area contributed by atoms with Gasteiger partial charge in [-0.15, -0.1) is 0 Å². The molecule has 2 aromatic carbocycles. The third kappa shape index (κ3) is 5.47. The number of benzene rings is 2. The Balaban J connectivity index is 1.50. The zero-order valence-corrected chi connectivity index (χ0v) is 16.0. The van der Waals surface area contributed by atoms with E-state index >= 15 is 0 Å². The lowest BCUT2D eigenvalue weighted by Crippen LogP contribution is -2.31. The molecular formula is C22H27NO4. The van der Waals surface area contributed by atoms with Crippen LogP contribution in [-0.2, 0) is 4.74 Å². The standard InChI is InChI=1S/C22H27NO4/c1-17-7-3-4-11-21(17)26-14-12-23(2)22(24)18-8-5-9-19(15-18)27-16-20-10-6-13-25-20/h3-5,7-9,11,15,20H,6,10,12-14,16H2,1-2H3/t20-/m0/s1. The highest BCUT2D eigenvalue weighted by Gasteiger charge is 2.17. The number of carbonyl (C=O) groups excluding carboxylic acids is 1. The molecule has 0 saturated carbocycles. The number of ether oxygens (including phenoxy) is 3. The molecule has 1 heterocycles. The second-order valence-electron chi connectivity index (χ2n) is 6.81. The highest BCUT2D eigenvalue weighted by atomic mass is 16.5. The summed E-state index contributed by atoms with van der Waals surface area (Å²) in [5, 5.41) is 0.